The van der Waals surface area contributed by atoms with Crippen molar-refractivity contribution in [3.8, 4) is 0 Å². The topological polar surface area (TPSA) is 20.3 Å². The maximum atomic E-state index is 12.9. The summed E-state index contributed by atoms with van der Waals surface area (Å²) in [4.78, 5) is 14.9. The van der Waals surface area contributed by atoms with Gasteiger partial charge in [0.1, 0.15) is 0 Å². The van der Waals surface area contributed by atoms with Gasteiger partial charge in [0.2, 0.25) is 0 Å². The zero-order chi connectivity index (χ0) is 14.0. The summed E-state index contributed by atoms with van der Waals surface area (Å²) in [7, 11) is 3.93. The first-order valence-corrected chi connectivity index (χ1v) is 6.70. The molecule has 0 saturated carbocycles. The van der Waals surface area contributed by atoms with E-state index in [0.29, 0.717) is 0 Å². The van der Waals surface area contributed by atoms with Crippen LogP contribution in [0.4, 0.5) is 0 Å². The van der Waals surface area contributed by atoms with Crippen molar-refractivity contribution in [3.63, 3.8) is 0 Å². The second-order valence-electron chi connectivity index (χ2n) is 5.38. The molecule has 100 valence electrons. The van der Waals surface area contributed by atoms with E-state index in [2.05, 4.69) is 6.92 Å². The number of likely N-dealkylation sites (N-methyl/N-ethyl adjacent to an activating group) is 1. The van der Waals surface area contributed by atoms with Crippen molar-refractivity contribution in [1.29, 1.82) is 0 Å². The molecule has 0 aliphatic carbocycles. The lowest BCUT2D eigenvalue weighted by molar-refractivity contribution is 0.0712. The van der Waals surface area contributed by atoms with Crippen LogP contribution in [0, 0.1) is 0 Å². The van der Waals surface area contributed by atoms with E-state index in [9.17, 15) is 4.79 Å². The molecule has 1 unspecified atom stereocenters. The summed E-state index contributed by atoms with van der Waals surface area (Å²) in [5, 5.41) is 2.15. The first-order chi connectivity index (χ1) is 9.00. The van der Waals surface area contributed by atoms with E-state index in [1.54, 1.807) is 0 Å². The largest absolute Gasteiger partial charge is 0.297 e. The molecule has 0 amide bonds. The van der Waals surface area contributed by atoms with Crippen molar-refractivity contribution >= 4 is 16.6 Å². The lowest BCUT2D eigenvalue weighted by Gasteiger charge is -2.34. The maximum absolute atomic E-state index is 12.9. The summed E-state index contributed by atoms with van der Waals surface area (Å²) in [5.74, 6) is 0.191. The minimum Gasteiger partial charge on any atom is -0.297 e. The Morgan fingerprint density at radius 3 is 2.37 bits per heavy atom. The Balaban J connectivity index is 2.59. The molecule has 0 heterocycles. The van der Waals surface area contributed by atoms with Crippen LogP contribution in [0.2, 0.25) is 0 Å². The number of carbonyl (C=O) groups excluding carboxylic acids is 1. The van der Waals surface area contributed by atoms with Gasteiger partial charge in [-0.25, -0.2) is 0 Å². The Labute approximate surface area is 115 Å². The first kappa shape index (κ1) is 13.8. The second-order valence-corrected chi connectivity index (χ2v) is 5.38. The molecule has 0 aromatic heterocycles. The molecule has 19 heavy (non-hydrogen) atoms. The number of hydrogen-bond donors (Lipinski definition) is 0. The van der Waals surface area contributed by atoms with Crippen molar-refractivity contribution in [2.24, 2.45) is 0 Å². The van der Waals surface area contributed by atoms with Crippen molar-refractivity contribution < 1.29 is 4.79 Å². The average Bonchev–Trinajstić information content (AvgIpc) is 2.44. The summed E-state index contributed by atoms with van der Waals surface area (Å²) in [6.45, 7) is 4.07. The number of nitrogens with zero attached hydrogens (tertiary/aromatic N) is 1. The predicted molar refractivity (Wildman–Crippen MR) is 80.7 cm³/mol. The van der Waals surface area contributed by atoms with Crippen molar-refractivity contribution in [2.75, 3.05) is 14.1 Å². The normalized spacial score (nSPS) is 14.6. The van der Waals surface area contributed by atoms with E-state index in [1.807, 2.05) is 68.4 Å². The van der Waals surface area contributed by atoms with Crippen molar-refractivity contribution in [3.05, 3.63) is 48.0 Å². The zero-order valence-electron chi connectivity index (χ0n) is 12.1. The molecule has 0 fully saturated rings. The molecule has 0 saturated heterocycles. The van der Waals surface area contributed by atoms with Gasteiger partial charge in [0, 0.05) is 5.56 Å². The Kier molecular flexibility index (Phi) is 3.72. The lowest BCUT2D eigenvalue weighted by atomic mass is 9.85. The summed E-state index contributed by atoms with van der Waals surface area (Å²) < 4.78 is 0. The van der Waals surface area contributed by atoms with E-state index in [0.717, 1.165) is 22.8 Å². The number of benzene rings is 2. The molecular weight excluding hydrogens is 234 g/mol. The van der Waals surface area contributed by atoms with Crippen LogP contribution in [-0.2, 0) is 0 Å². The maximum Gasteiger partial charge on any atom is 0.183 e. The minimum atomic E-state index is -0.454. The highest BCUT2D eigenvalue weighted by Gasteiger charge is 2.34. The Hall–Kier alpha value is -1.67. The Morgan fingerprint density at radius 1 is 1.11 bits per heavy atom. The number of ketones is 1. The molecule has 2 rings (SSSR count). The van der Waals surface area contributed by atoms with Crippen LogP contribution in [0.3, 0.4) is 0 Å². The van der Waals surface area contributed by atoms with E-state index in [-0.39, 0.29) is 5.78 Å². The molecule has 0 spiro atoms. The van der Waals surface area contributed by atoms with E-state index in [4.69, 9.17) is 0 Å². The van der Waals surface area contributed by atoms with Gasteiger partial charge in [-0.2, -0.15) is 0 Å². The molecule has 0 aliphatic rings. The fraction of sp³-hybridized carbons (Fsp3) is 0.353. The SMILES string of the molecule is CCC(C)(C(=O)c1cccc2ccccc12)N(C)C. The highest BCUT2D eigenvalue weighted by molar-refractivity contribution is 6.12. The van der Waals surface area contributed by atoms with E-state index in [1.165, 1.54) is 0 Å². The highest BCUT2D eigenvalue weighted by Crippen LogP contribution is 2.27. The van der Waals surface area contributed by atoms with Crippen molar-refractivity contribution in [1.82, 2.24) is 4.90 Å². The molecule has 2 aromatic rings. The molecule has 0 aliphatic heterocycles. The van der Waals surface area contributed by atoms with Crippen LogP contribution in [0.25, 0.3) is 10.8 Å². The van der Waals surface area contributed by atoms with E-state index >= 15 is 0 Å². The number of hydrogen-bond acceptors (Lipinski definition) is 2. The van der Waals surface area contributed by atoms with Crippen LogP contribution in [0.15, 0.2) is 42.5 Å². The van der Waals surface area contributed by atoms with Crippen LogP contribution < -0.4 is 0 Å². The number of fused-ring (bicyclic) bond motifs is 1. The molecule has 2 aromatic carbocycles. The summed E-state index contributed by atoms with van der Waals surface area (Å²) >= 11 is 0. The molecule has 2 nitrogen and oxygen atoms in total. The number of Topliss-reactive ketones (excluding diaryl/α,β-unsaturated/α-hetero) is 1. The first-order valence-electron chi connectivity index (χ1n) is 6.70. The third-order valence-corrected chi connectivity index (χ3v) is 4.20. The van der Waals surface area contributed by atoms with Gasteiger partial charge in [-0.3, -0.25) is 9.69 Å². The predicted octanol–water partition coefficient (Wildman–Crippen LogP) is 3.75. The zero-order valence-corrected chi connectivity index (χ0v) is 12.1. The third-order valence-electron chi connectivity index (χ3n) is 4.20. The molecule has 1 atom stereocenters. The standard InChI is InChI=1S/C17H21NO/c1-5-17(2,18(3)4)16(19)15-12-8-10-13-9-6-7-11-14(13)15/h6-12H,5H2,1-4H3. The van der Waals surface area contributed by atoms with Crippen LogP contribution >= 0.6 is 0 Å². The smallest absolute Gasteiger partial charge is 0.183 e. The van der Waals surface area contributed by atoms with Crippen LogP contribution in [0.1, 0.15) is 30.6 Å². The van der Waals surface area contributed by atoms with Gasteiger partial charge in [-0.15, -0.1) is 0 Å². The minimum absolute atomic E-state index is 0.191. The molecule has 0 bridgehead atoms. The molecule has 2 heteroatoms. The second kappa shape index (κ2) is 5.14. The van der Waals surface area contributed by atoms with Gasteiger partial charge >= 0.3 is 0 Å². The summed E-state index contributed by atoms with van der Waals surface area (Å²) in [5.41, 5.74) is 0.362. The summed E-state index contributed by atoms with van der Waals surface area (Å²) in [6.07, 6.45) is 0.794. The lowest BCUT2D eigenvalue weighted by Crippen LogP contribution is -2.48. The van der Waals surface area contributed by atoms with Gasteiger partial charge in [0.05, 0.1) is 5.54 Å². The molecule has 0 N–H and O–H groups in total. The number of rotatable bonds is 4. The van der Waals surface area contributed by atoms with Crippen LogP contribution in [0.5, 0.6) is 0 Å². The van der Waals surface area contributed by atoms with Crippen LogP contribution in [-0.4, -0.2) is 30.3 Å². The fourth-order valence-electron chi connectivity index (χ4n) is 2.39. The van der Waals surface area contributed by atoms with Crippen molar-refractivity contribution in [2.45, 2.75) is 25.8 Å². The Bertz CT molecular complexity index is 598. The average molecular weight is 255 g/mol. The monoisotopic (exact) mass is 255 g/mol. The molecule has 0 radical (unpaired) electrons. The summed E-state index contributed by atoms with van der Waals surface area (Å²) in [6, 6.07) is 14.0. The van der Waals surface area contributed by atoms with Gasteiger partial charge < -0.3 is 0 Å². The highest BCUT2D eigenvalue weighted by atomic mass is 16.1. The van der Waals surface area contributed by atoms with Gasteiger partial charge in [-0.1, -0.05) is 49.4 Å². The number of carbonyl (C=O) groups is 1. The quantitative estimate of drug-likeness (QED) is 0.775. The third kappa shape index (κ3) is 2.28. The van der Waals surface area contributed by atoms with Gasteiger partial charge in [-0.05, 0) is 38.2 Å². The van der Waals surface area contributed by atoms with Gasteiger partial charge in [0.25, 0.3) is 0 Å². The van der Waals surface area contributed by atoms with Gasteiger partial charge in [0.15, 0.2) is 5.78 Å². The van der Waals surface area contributed by atoms with E-state index < -0.39 is 5.54 Å². The fourth-order valence-corrected chi connectivity index (χ4v) is 2.39. The molecular formula is C17H21NO. The Morgan fingerprint density at radius 2 is 1.74 bits per heavy atom.